The van der Waals surface area contributed by atoms with Crippen LogP contribution in [0.3, 0.4) is 0 Å². The van der Waals surface area contributed by atoms with Crippen molar-refractivity contribution >= 4 is 32.5 Å². The first-order valence-electron chi connectivity index (χ1n) is 8.09. The summed E-state index contributed by atoms with van der Waals surface area (Å²) in [6.45, 7) is 3.89. The molecule has 0 aliphatic rings. The molecule has 0 saturated heterocycles. The van der Waals surface area contributed by atoms with Crippen molar-refractivity contribution in [3.05, 3.63) is 80.1 Å². The molecule has 26 heavy (non-hydrogen) atoms. The zero-order chi connectivity index (χ0) is 18.9. The van der Waals surface area contributed by atoms with Crippen LogP contribution >= 0.6 is 11.6 Å². The van der Waals surface area contributed by atoms with Crippen LogP contribution in [0.25, 0.3) is 10.9 Å². The highest BCUT2D eigenvalue weighted by Gasteiger charge is 2.15. The number of fused-ring (bicyclic) bond motifs is 1. The van der Waals surface area contributed by atoms with Gasteiger partial charge in [-0.05, 0) is 60.2 Å². The van der Waals surface area contributed by atoms with Crippen molar-refractivity contribution in [1.29, 1.82) is 0 Å². The summed E-state index contributed by atoms with van der Waals surface area (Å²) in [4.78, 5) is 15.1. The lowest BCUT2D eigenvalue weighted by Gasteiger charge is -2.09. The van der Waals surface area contributed by atoms with E-state index in [1.165, 1.54) is 0 Å². The van der Waals surface area contributed by atoms with Gasteiger partial charge in [-0.3, -0.25) is 4.79 Å². The Morgan fingerprint density at radius 2 is 1.73 bits per heavy atom. The van der Waals surface area contributed by atoms with Gasteiger partial charge in [-0.25, -0.2) is 13.1 Å². The maximum atomic E-state index is 12.3. The first-order chi connectivity index (χ1) is 12.2. The lowest BCUT2D eigenvalue weighted by molar-refractivity contribution is 0.580. The van der Waals surface area contributed by atoms with Gasteiger partial charge >= 0.3 is 0 Å². The van der Waals surface area contributed by atoms with E-state index in [9.17, 15) is 13.2 Å². The van der Waals surface area contributed by atoms with Gasteiger partial charge in [0.05, 0.1) is 5.75 Å². The van der Waals surface area contributed by atoms with Crippen molar-refractivity contribution in [2.45, 2.75) is 26.1 Å². The monoisotopic (exact) mass is 390 g/mol. The summed E-state index contributed by atoms with van der Waals surface area (Å²) in [6.07, 6.45) is 0. The second kappa shape index (κ2) is 7.23. The molecule has 0 radical (unpaired) electrons. The van der Waals surface area contributed by atoms with E-state index in [2.05, 4.69) is 9.71 Å². The third-order valence-corrected chi connectivity index (χ3v) is 5.97. The average molecular weight is 391 g/mol. The smallest absolute Gasteiger partial charge is 0.252 e. The van der Waals surface area contributed by atoms with Gasteiger partial charge in [0.2, 0.25) is 10.0 Å². The quantitative estimate of drug-likeness (QED) is 0.700. The molecule has 2 N–H and O–H groups in total. The molecule has 0 fully saturated rings. The molecule has 0 aliphatic heterocycles. The number of aromatic nitrogens is 1. The molecule has 3 aromatic rings. The second-order valence-corrected chi connectivity index (χ2v) is 8.53. The highest BCUT2D eigenvalue weighted by atomic mass is 35.5. The van der Waals surface area contributed by atoms with Gasteiger partial charge in [-0.1, -0.05) is 29.8 Å². The Morgan fingerprint density at radius 1 is 1.04 bits per heavy atom. The summed E-state index contributed by atoms with van der Waals surface area (Å²) < 4.78 is 27.1. The molecule has 2 aromatic carbocycles. The van der Waals surface area contributed by atoms with Crippen molar-refractivity contribution < 1.29 is 8.42 Å². The number of aromatic amines is 1. The highest BCUT2D eigenvalue weighted by molar-refractivity contribution is 7.88. The molecule has 0 bridgehead atoms. The number of H-pyrrole nitrogens is 1. The van der Waals surface area contributed by atoms with Crippen molar-refractivity contribution in [3.8, 4) is 0 Å². The number of nitrogens with one attached hydrogen (secondary N) is 2. The van der Waals surface area contributed by atoms with E-state index < -0.39 is 10.0 Å². The van der Waals surface area contributed by atoms with E-state index in [0.29, 0.717) is 16.1 Å². The summed E-state index contributed by atoms with van der Waals surface area (Å²) in [5.74, 6) is -0.240. The van der Waals surface area contributed by atoms with Crippen molar-refractivity contribution in [2.75, 3.05) is 0 Å². The van der Waals surface area contributed by atoms with Crippen LogP contribution in [-0.4, -0.2) is 13.4 Å². The van der Waals surface area contributed by atoms with E-state index in [1.807, 2.05) is 26.0 Å². The van der Waals surface area contributed by atoms with E-state index in [-0.39, 0.29) is 17.9 Å². The SMILES string of the molecule is Cc1cc2cc(CNS(=O)(=O)Cc3ccccc3Cl)c(=O)[nH]c2cc1C. The minimum Gasteiger partial charge on any atom is -0.322 e. The van der Waals surface area contributed by atoms with Gasteiger partial charge in [0.25, 0.3) is 5.56 Å². The van der Waals surface area contributed by atoms with E-state index in [4.69, 9.17) is 11.6 Å². The summed E-state index contributed by atoms with van der Waals surface area (Å²) in [5, 5.41) is 1.26. The zero-order valence-corrected chi connectivity index (χ0v) is 16.0. The number of hydrogen-bond acceptors (Lipinski definition) is 3. The maximum Gasteiger partial charge on any atom is 0.252 e. The van der Waals surface area contributed by atoms with Gasteiger partial charge in [-0.2, -0.15) is 0 Å². The van der Waals surface area contributed by atoms with Crippen LogP contribution in [0.4, 0.5) is 0 Å². The third-order valence-electron chi connectivity index (χ3n) is 4.32. The third kappa shape index (κ3) is 4.15. The van der Waals surface area contributed by atoms with Crippen LogP contribution in [0.15, 0.2) is 47.3 Å². The lowest BCUT2D eigenvalue weighted by Crippen LogP contribution is -2.28. The number of benzene rings is 2. The van der Waals surface area contributed by atoms with Gasteiger partial charge in [0, 0.05) is 22.6 Å². The number of hydrogen-bond donors (Lipinski definition) is 2. The molecule has 136 valence electrons. The largest absolute Gasteiger partial charge is 0.322 e. The van der Waals surface area contributed by atoms with E-state index >= 15 is 0 Å². The van der Waals surface area contributed by atoms with Gasteiger partial charge in [-0.15, -0.1) is 0 Å². The first kappa shape index (κ1) is 18.6. The molecule has 0 unspecified atom stereocenters. The molecule has 1 aromatic heterocycles. The first-order valence-corrected chi connectivity index (χ1v) is 10.1. The highest BCUT2D eigenvalue weighted by Crippen LogP contribution is 2.19. The van der Waals surface area contributed by atoms with Crippen LogP contribution < -0.4 is 10.3 Å². The Labute approximate surface area is 157 Å². The topological polar surface area (TPSA) is 79.0 Å². The standard InChI is InChI=1S/C19H19ClN2O3S/c1-12-7-15-9-16(19(23)22-18(15)8-13(12)2)10-21-26(24,25)11-14-5-3-4-6-17(14)20/h3-9,21H,10-11H2,1-2H3,(H,22,23). The molecule has 5 nitrogen and oxygen atoms in total. The minimum absolute atomic E-state index is 0.0784. The Kier molecular flexibility index (Phi) is 5.18. The Morgan fingerprint density at radius 3 is 2.46 bits per heavy atom. The Balaban J connectivity index is 1.82. The zero-order valence-electron chi connectivity index (χ0n) is 14.5. The number of sulfonamides is 1. The fourth-order valence-corrected chi connectivity index (χ4v) is 4.13. The average Bonchev–Trinajstić information content (AvgIpc) is 2.57. The maximum absolute atomic E-state index is 12.3. The summed E-state index contributed by atoms with van der Waals surface area (Å²) in [5.41, 5.74) is 3.50. The Bertz CT molecular complexity index is 1140. The van der Waals surface area contributed by atoms with Crippen molar-refractivity contribution in [1.82, 2.24) is 9.71 Å². The summed E-state index contributed by atoms with van der Waals surface area (Å²) in [7, 11) is -3.63. The number of rotatable bonds is 5. The predicted molar refractivity (Wildman–Crippen MR) is 105 cm³/mol. The molecule has 0 saturated carbocycles. The molecule has 7 heteroatoms. The number of aryl methyl sites for hydroxylation is 2. The summed E-state index contributed by atoms with van der Waals surface area (Å²) >= 11 is 6.02. The van der Waals surface area contributed by atoms with Crippen LogP contribution in [-0.2, 0) is 22.3 Å². The normalized spacial score (nSPS) is 11.8. The van der Waals surface area contributed by atoms with Gasteiger partial charge < -0.3 is 4.98 Å². The fraction of sp³-hybridized carbons (Fsp3) is 0.211. The predicted octanol–water partition coefficient (Wildman–Crippen LogP) is 3.42. The van der Waals surface area contributed by atoms with Crippen molar-refractivity contribution in [2.24, 2.45) is 0 Å². The van der Waals surface area contributed by atoms with Crippen LogP contribution in [0.1, 0.15) is 22.3 Å². The lowest BCUT2D eigenvalue weighted by atomic mass is 10.1. The van der Waals surface area contributed by atoms with E-state index in [1.54, 1.807) is 30.3 Å². The van der Waals surface area contributed by atoms with Crippen LogP contribution in [0.5, 0.6) is 0 Å². The van der Waals surface area contributed by atoms with E-state index in [0.717, 1.165) is 22.0 Å². The molecule has 1 heterocycles. The second-order valence-electron chi connectivity index (χ2n) is 6.32. The fourth-order valence-electron chi connectivity index (χ4n) is 2.71. The van der Waals surface area contributed by atoms with Crippen LogP contribution in [0, 0.1) is 13.8 Å². The summed E-state index contributed by atoms with van der Waals surface area (Å²) in [6, 6.07) is 12.4. The van der Waals surface area contributed by atoms with Crippen LogP contribution in [0.2, 0.25) is 5.02 Å². The molecule has 0 aliphatic carbocycles. The molecule has 0 spiro atoms. The number of pyridine rings is 1. The molecule has 0 atom stereocenters. The molecular weight excluding hydrogens is 372 g/mol. The Hall–Kier alpha value is -2.15. The molecule has 3 rings (SSSR count). The molecular formula is C19H19ClN2O3S. The van der Waals surface area contributed by atoms with Gasteiger partial charge in [0.1, 0.15) is 0 Å². The van der Waals surface area contributed by atoms with Crippen molar-refractivity contribution in [3.63, 3.8) is 0 Å². The number of halogens is 1. The minimum atomic E-state index is -3.63. The van der Waals surface area contributed by atoms with Gasteiger partial charge in [0.15, 0.2) is 0 Å². The molecule has 0 amide bonds.